The second kappa shape index (κ2) is 27.7. The van der Waals surface area contributed by atoms with Crippen LogP contribution < -0.4 is 16.0 Å². The smallest absolute Gasteiger partial charge is 0.241 e. The first-order chi connectivity index (χ1) is 33.8. The number of aryl methyl sites for hydroxylation is 1. The number of hydrogen-bond acceptors (Lipinski definition) is 9. The Hall–Kier alpha value is -6.98. The number of nitrogens with zero attached hydrogens (tertiary/aromatic N) is 4. The number of benzene rings is 4. The summed E-state index contributed by atoms with van der Waals surface area (Å²) in [6.07, 6.45) is 14.8. The second-order valence-corrected chi connectivity index (χ2v) is 17.5. The maximum atomic E-state index is 12.6. The van der Waals surface area contributed by atoms with Crippen molar-refractivity contribution in [2.24, 2.45) is 5.92 Å². The molecule has 2 saturated heterocycles. The molecule has 13 nitrogen and oxygen atoms in total. The lowest BCUT2D eigenvalue weighted by Crippen LogP contribution is -2.36. The van der Waals surface area contributed by atoms with Crippen molar-refractivity contribution < 1.29 is 19.2 Å². The lowest BCUT2D eigenvalue weighted by molar-refractivity contribution is -0.123. The van der Waals surface area contributed by atoms with Crippen molar-refractivity contribution >= 4 is 24.4 Å². The Bertz CT molecular complexity index is 2500. The lowest BCUT2D eigenvalue weighted by Gasteiger charge is -2.16. The minimum Gasteiger partial charge on any atom is -0.354 e. The Labute approximate surface area is 407 Å². The van der Waals surface area contributed by atoms with Crippen LogP contribution in [0.3, 0.4) is 0 Å². The summed E-state index contributed by atoms with van der Waals surface area (Å²) in [5.41, 5.74) is 7.10. The number of hydrogen-bond donors (Lipinski definition) is 5. The summed E-state index contributed by atoms with van der Waals surface area (Å²) in [4.78, 5) is 63.8. The van der Waals surface area contributed by atoms with Gasteiger partial charge < -0.3 is 35.5 Å². The number of imidazole rings is 2. The van der Waals surface area contributed by atoms with E-state index in [0.29, 0.717) is 18.9 Å². The topological polar surface area (TPSA) is 168 Å². The molecule has 13 heteroatoms. The van der Waals surface area contributed by atoms with Crippen LogP contribution in [0.4, 0.5) is 0 Å². The second-order valence-electron chi connectivity index (χ2n) is 17.5. The van der Waals surface area contributed by atoms with Crippen LogP contribution in [0, 0.1) is 17.8 Å². The molecule has 1 saturated carbocycles. The lowest BCUT2D eigenvalue weighted by atomic mass is 10.1. The van der Waals surface area contributed by atoms with Gasteiger partial charge in [0.2, 0.25) is 11.8 Å². The molecule has 3 unspecified atom stereocenters. The average Bonchev–Trinajstić information content (AvgIpc) is 3.71. The first-order valence-electron chi connectivity index (χ1n) is 24.1. The van der Waals surface area contributed by atoms with Gasteiger partial charge in [-0.05, 0) is 127 Å². The molecule has 1 aliphatic carbocycles. The average molecular weight is 930 g/mol. The number of carbonyl (C=O) groups is 4. The molecule has 5 N–H and O–H groups in total. The van der Waals surface area contributed by atoms with E-state index in [1.807, 2.05) is 98.3 Å². The third-order valence-corrected chi connectivity index (χ3v) is 12.3. The predicted octanol–water partition coefficient (Wildman–Crippen LogP) is 7.71. The van der Waals surface area contributed by atoms with E-state index < -0.39 is 0 Å². The quantitative estimate of drug-likeness (QED) is 0.0394. The number of H-pyrrole nitrogens is 2. The molecule has 3 fully saturated rings. The normalized spacial score (nSPS) is 16.7. The fourth-order valence-corrected chi connectivity index (χ4v) is 8.11. The number of aromatic nitrogens is 4. The maximum Gasteiger partial charge on any atom is 0.241 e. The number of likely N-dealkylation sites (N-methyl/N-ethyl adjacent to an activating group) is 2. The Kier molecular flexibility index (Phi) is 20.7. The zero-order chi connectivity index (χ0) is 48.6. The van der Waals surface area contributed by atoms with E-state index in [4.69, 9.17) is 0 Å². The Balaban J connectivity index is 0.000000274. The minimum atomic E-state index is -0.344. The van der Waals surface area contributed by atoms with Gasteiger partial charge in [0.15, 0.2) is 0 Å². The molecule has 4 heterocycles. The van der Waals surface area contributed by atoms with Crippen molar-refractivity contribution in [3.63, 3.8) is 0 Å². The van der Waals surface area contributed by atoms with Gasteiger partial charge in [-0.3, -0.25) is 19.4 Å². The number of amides is 2. The monoisotopic (exact) mass is 930 g/mol. The minimum absolute atomic E-state index is 0.00794. The number of aldehydes is 2. The van der Waals surface area contributed by atoms with Crippen molar-refractivity contribution in [1.29, 1.82) is 0 Å². The Morgan fingerprint density at radius 2 is 1.29 bits per heavy atom. The van der Waals surface area contributed by atoms with Crippen LogP contribution in [0.5, 0.6) is 0 Å². The molecule has 0 spiro atoms. The highest BCUT2D eigenvalue weighted by Gasteiger charge is 2.29. The van der Waals surface area contributed by atoms with Crippen molar-refractivity contribution in [2.75, 3.05) is 47.3 Å². The summed E-state index contributed by atoms with van der Waals surface area (Å²) in [7, 11) is 5.96. The number of carbonyl (C=O) groups excluding carboxylic acids is 4. The molecule has 0 bridgehead atoms. The highest BCUT2D eigenvalue weighted by molar-refractivity contribution is 5.83. The van der Waals surface area contributed by atoms with Gasteiger partial charge in [-0.1, -0.05) is 103 Å². The Morgan fingerprint density at radius 3 is 1.81 bits per heavy atom. The number of likely N-dealkylation sites (tertiary alicyclic amines) is 2. The van der Waals surface area contributed by atoms with Gasteiger partial charge in [0, 0.05) is 30.0 Å². The fraction of sp³-hybridized carbons (Fsp3) is 0.357. The molecule has 9 rings (SSSR count). The van der Waals surface area contributed by atoms with E-state index in [0.717, 1.165) is 115 Å². The van der Waals surface area contributed by atoms with Crippen molar-refractivity contribution in [3.8, 4) is 34.4 Å². The molecule has 3 aliphatic rings. The fourth-order valence-electron chi connectivity index (χ4n) is 8.11. The summed E-state index contributed by atoms with van der Waals surface area (Å²) in [6, 6.07) is 38.6. The maximum absolute atomic E-state index is 12.6. The summed E-state index contributed by atoms with van der Waals surface area (Å²) in [5.74, 6) is 8.80. The highest BCUT2D eigenvalue weighted by Crippen LogP contribution is 2.30. The van der Waals surface area contributed by atoms with Crippen LogP contribution in [0.15, 0.2) is 128 Å². The molecule has 6 aromatic rings. The number of aromatic amines is 2. The van der Waals surface area contributed by atoms with E-state index in [2.05, 4.69) is 101 Å². The number of nitrogens with one attached hydrogen (secondary N) is 5. The van der Waals surface area contributed by atoms with E-state index in [9.17, 15) is 19.2 Å². The first kappa shape index (κ1) is 51.4. The van der Waals surface area contributed by atoms with Crippen molar-refractivity contribution in [2.45, 2.75) is 75.9 Å². The SMILES string of the molecule is CN1CCCC1C=O.CNC(C(=O)NCCCCc1ncc(-c2ccc(C#Cc3ccc(-c4cnc(C5CCCN5C)[nH]4)cc3)cc2)[nH]1)c1ccccc1.O=CCNC(=O)C1CC1.c1ccccc1. The van der Waals surface area contributed by atoms with Crippen LogP contribution in [-0.2, 0) is 25.6 Å². The standard InChI is InChI=1S/C38H41N7O.C6H9NO2.C6H11NO.C6H6/c1-39-36(31-9-4-3-5-10-31)38(46)40-23-7-6-12-35-41-25-32(43-35)29-19-15-27(16-20-29)13-14-28-17-21-30(22-18-28)33-26-42-37(44-33)34-11-8-24-45(34)2;8-4-3-7-6(9)5-1-2-5;1-7-4-2-3-6(7)5-8;1-2-4-6-5-3-1/h3-5,9-10,15-22,25-26,34,36,39H,6-8,11-12,23-24H2,1-2H3,(H,40,46)(H,41,43)(H,42,44);4-5H,1-3H2,(H,7,9);5-6H,2-4H2,1H3;1-6H. The van der Waals surface area contributed by atoms with Gasteiger partial charge in [0.1, 0.15) is 30.3 Å². The summed E-state index contributed by atoms with van der Waals surface area (Å²) < 4.78 is 0. The zero-order valence-corrected chi connectivity index (χ0v) is 40.2. The van der Waals surface area contributed by atoms with Gasteiger partial charge in [-0.15, -0.1) is 0 Å². The number of unbranched alkanes of at least 4 members (excludes halogenated alkanes) is 1. The predicted molar refractivity (Wildman–Crippen MR) is 273 cm³/mol. The van der Waals surface area contributed by atoms with Gasteiger partial charge in [0.25, 0.3) is 0 Å². The van der Waals surface area contributed by atoms with Crippen molar-refractivity contribution in [1.82, 2.24) is 45.7 Å². The largest absolute Gasteiger partial charge is 0.354 e. The molecular formula is C56H67N9O4. The zero-order valence-electron chi connectivity index (χ0n) is 40.2. The van der Waals surface area contributed by atoms with Crippen LogP contribution in [0.1, 0.15) is 91.8 Å². The van der Waals surface area contributed by atoms with Gasteiger partial charge in [0.05, 0.1) is 42.4 Å². The molecule has 2 amide bonds. The van der Waals surface area contributed by atoms with Crippen LogP contribution in [0.25, 0.3) is 22.5 Å². The van der Waals surface area contributed by atoms with E-state index >= 15 is 0 Å². The summed E-state index contributed by atoms with van der Waals surface area (Å²) in [6.45, 7) is 3.01. The third-order valence-electron chi connectivity index (χ3n) is 12.3. The first-order valence-corrected chi connectivity index (χ1v) is 24.1. The molecule has 69 heavy (non-hydrogen) atoms. The van der Waals surface area contributed by atoms with E-state index in [-0.39, 0.29) is 36.4 Å². The third kappa shape index (κ3) is 16.6. The highest BCUT2D eigenvalue weighted by atomic mass is 16.2. The van der Waals surface area contributed by atoms with Gasteiger partial charge in [-0.2, -0.15) is 0 Å². The molecule has 2 aliphatic heterocycles. The van der Waals surface area contributed by atoms with Crippen LogP contribution in [0.2, 0.25) is 0 Å². The Morgan fingerprint density at radius 1 is 0.710 bits per heavy atom. The summed E-state index contributed by atoms with van der Waals surface area (Å²) >= 11 is 0. The molecule has 4 aromatic carbocycles. The van der Waals surface area contributed by atoms with Gasteiger partial charge >= 0.3 is 0 Å². The van der Waals surface area contributed by atoms with E-state index in [1.165, 1.54) is 12.8 Å². The molecular weight excluding hydrogens is 863 g/mol. The van der Waals surface area contributed by atoms with Crippen LogP contribution in [-0.4, -0.2) is 107 Å². The molecule has 2 aromatic heterocycles. The summed E-state index contributed by atoms with van der Waals surface area (Å²) in [5, 5.41) is 8.63. The van der Waals surface area contributed by atoms with Crippen LogP contribution >= 0.6 is 0 Å². The number of rotatable bonds is 15. The molecule has 3 atom stereocenters. The van der Waals surface area contributed by atoms with Gasteiger partial charge in [-0.25, -0.2) is 9.97 Å². The molecule has 360 valence electrons. The van der Waals surface area contributed by atoms with E-state index in [1.54, 1.807) is 7.05 Å². The molecule has 0 radical (unpaired) electrons. The van der Waals surface area contributed by atoms with Crippen molar-refractivity contribution in [3.05, 3.63) is 156 Å².